The second-order valence-corrected chi connectivity index (χ2v) is 9.74. The van der Waals surface area contributed by atoms with Crippen LogP contribution < -0.4 is 0 Å². The Kier molecular flexibility index (Phi) is 4.14. The maximum atomic E-state index is 13.6. The monoisotopic (exact) mass is 380 g/mol. The van der Waals surface area contributed by atoms with E-state index in [1.807, 2.05) is 0 Å². The topological polar surface area (TPSA) is 52.2 Å². The Labute approximate surface area is 167 Å². The molecule has 0 aromatic carbocycles. The normalized spacial score (nSPS) is 34.9. The molecule has 0 radical (unpaired) electrons. The molecule has 150 valence electrons. The molecule has 0 spiro atoms. The molecule has 28 heavy (non-hydrogen) atoms. The molecule has 4 atom stereocenters. The van der Waals surface area contributed by atoms with Crippen molar-refractivity contribution in [2.75, 3.05) is 19.6 Å². The number of hydrogen-bond donors (Lipinski definition) is 1. The zero-order chi connectivity index (χ0) is 18.7. The number of likely N-dealkylation sites (tertiary alicyclic amines) is 1. The van der Waals surface area contributed by atoms with Crippen molar-refractivity contribution in [3.63, 3.8) is 0 Å². The van der Waals surface area contributed by atoms with Crippen molar-refractivity contribution in [3.8, 4) is 0 Å². The number of aromatic amines is 1. The smallest absolute Gasteiger partial charge is 0.275 e. The first-order valence-electron chi connectivity index (χ1n) is 11.6. The van der Waals surface area contributed by atoms with Gasteiger partial charge in [0.15, 0.2) is 5.69 Å². The highest BCUT2D eigenvalue weighted by atomic mass is 16.2. The van der Waals surface area contributed by atoms with E-state index >= 15 is 0 Å². The molecule has 0 unspecified atom stereocenters. The zero-order valence-electron chi connectivity index (χ0n) is 16.8. The molecule has 5 heteroatoms. The molecular weight excluding hydrogens is 348 g/mol. The van der Waals surface area contributed by atoms with Gasteiger partial charge in [0.05, 0.1) is 6.04 Å². The fraction of sp³-hybridized carbons (Fsp3) is 0.739. The number of carbonyl (C=O) groups excluding carboxylic acids is 1. The Morgan fingerprint density at radius 3 is 2.96 bits per heavy atom. The average Bonchev–Trinajstić information content (AvgIpc) is 3.17. The third kappa shape index (κ3) is 2.62. The number of rotatable bonds is 1. The van der Waals surface area contributed by atoms with Crippen LogP contribution >= 0.6 is 0 Å². The lowest BCUT2D eigenvalue weighted by Gasteiger charge is -2.54. The molecule has 1 amide bonds. The number of nitrogens with zero attached hydrogens (tertiary/aromatic N) is 3. The van der Waals surface area contributed by atoms with Gasteiger partial charge in [-0.05, 0) is 76.2 Å². The van der Waals surface area contributed by atoms with E-state index < -0.39 is 0 Å². The van der Waals surface area contributed by atoms with Crippen LogP contribution in [-0.4, -0.2) is 57.6 Å². The maximum Gasteiger partial charge on any atom is 0.275 e. The van der Waals surface area contributed by atoms with Gasteiger partial charge in [-0.15, -0.1) is 0 Å². The highest BCUT2D eigenvalue weighted by Crippen LogP contribution is 2.45. The molecule has 6 rings (SSSR count). The number of fused-ring (bicyclic) bond motifs is 7. The van der Waals surface area contributed by atoms with Crippen molar-refractivity contribution < 1.29 is 4.79 Å². The van der Waals surface area contributed by atoms with E-state index in [-0.39, 0.29) is 5.91 Å². The van der Waals surface area contributed by atoms with Crippen molar-refractivity contribution >= 4 is 5.91 Å². The van der Waals surface area contributed by atoms with E-state index in [0.717, 1.165) is 43.5 Å². The molecule has 4 heterocycles. The number of hydrogen-bond acceptors (Lipinski definition) is 3. The predicted octanol–water partition coefficient (Wildman–Crippen LogP) is 3.32. The maximum absolute atomic E-state index is 13.6. The standard InChI is InChI=1S/C23H32N4O/c28-23(21-18-7-1-2-8-19(18)24-25-21)27-11-5-6-15-12-16-13-17(22(15)27)14-26-10-4-3-9-20(16)26/h12,16-17,20,22H,1-11,13-14H2,(H,24,25)/t16-,17+,20-,22-/m0/s1. The van der Waals surface area contributed by atoms with Crippen LogP contribution in [0.5, 0.6) is 0 Å². The van der Waals surface area contributed by atoms with Gasteiger partial charge in [-0.1, -0.05) is 18.1 Å². The number of amides is 1. The zero-order valence-corrected chi connectivity index (χ0v) is 16.8. The Hall–Kier alpha value is -1.62. The molecule has 3 saturated heterocycles. The minimum absolute atomic E-state index is 0.189. The van der Waals surface area contributed by atoms with E-state index in [9.17, 15) is 4.79 Å². The molecule has 3 fully saturated rings. The second kappa shape index (κ2) is 6.72. The van der Waals surface area contributed by atoms with Gasteiger partial charge in [-0.3, -0.25) is 14.8 Å². The van der Waals surface area contributed by atoms with Crippen LogP contribution in [0.3, 0.4) is 0 Å². The Balaban J connectivity index is 1.32. The summed E-state index contributed by atoms with van der Waals surface area (Å²) in [4.78, 5) is 18.6. The third-order valence-corrected chi connectivity index (χ3v) is 8.18. The van der Waals surface area contributed by atoms with Gasteiger partial charge in [0.2, 0.25) is 0 Å². The lowest BCUT2D eigenvalue weighted by atomic mass is 9.68. The van der Waals surface area contributed by atoms with Crippen molar-refractivity contribution in [2.45, 2.75) is 76.3 Å². The summed E-state index contributed by atoms with van der Waals surface area (Å²) in [5.41, 5.74) is 4.71. The number of piperidine rings is 3. The van der Waals surface area contributed by atoms with Crippen LogP contribution in [0, 0.1) is 11.8 Å². The Bertz CT molecular complexity index is 812. The summed E-state index contributed by atoms with van der Waals surface area (Å²) in [5, 5.41) is 7.69. The summed E-state index contributed by atoms with van der Waals surface area (Å²) in [6, 6.07) is 1.08. The summed E-state index contributed by atoms with van der Waals surface area (Å²) < 4.78 is 0. The minimum Gasteiger partial charge on any atom is -0.330 e. The lowest BCUT2D eigenvalue weighted by Crippen LogP contribution is -2.60. The summed E-state index contributed by atoms with van der Waals surface area (Å²) >= 11 is 0. The molecule has 3 aliphatic heterocycles. The molecule has 5 nitrogen and oxygen atoms in total. The molecule has 0 saturated carbocycles. The summed E-state index contributed by atoms with van der Waals surface area (Å²) in [7, 11) is 0. The van der Waals surface area contributed by atoms with Crippen LogP contribution in [-0.2, 0) is 12.8 Å². The first-order chi connectivity index (χ1) is 13.8. The fourth-order valence-electron chi connectivity index (χ4n) is 7.00. The van der Waals surface area contributed by atoms with E-state index in [1.54, 1.807) is 5.57 Å². The number of aromatic nitrogens is 2. The Morgan fingerprint density at radius 2 is 2.00 bits per heavy atom. The largest absolute Gasteiger partial charge is 0.330 e. The van der Waals surface area contributed by atoms with Crippen molar-refractivity contribution in [3.05, 3.63) is 28.6 Å². The minimum atomic E-state index is 0.189. The predicted molar refractivity (Wildman–Crippen MR) is 108 cm³/mol. The molecule has 1 N–H and O–H groups in total. The number of H-pyrrole nitrogens is 1. The summed E-state index contributed by atoms with van der Waals surface area (Å²) in [6.07, 6.45) is 14.7. The molecule has 2 bridgehead atoms. The molecule has 2 aliphatic carbocycles. The number of carbonyl (C=O) groups is 1. The first kappa shape index (κ1) is 17.3. The van der Waals surface area contributed by atoms with Crippen LogP contribution in [0.4, 0.5) is 0 Å². The average molecular weight is 381 g/mol. The van der Waals surface area contributed by atoms with Gasteiger partial charge < -0.3 is 4.90 Å². The number of aryl methyl sites for hydroxylation is 1. The Morgan fingerprint density at radius 1 is 1.07 bits per heavy atom. The van der Waals surface area contributed by atoms with Gasteiger partial charge >= 0.3 is 0 Å². The fourth-order valence-corrected chi connectivity index (χ4v) is 7.00. The highest BCUT2D eigenvalue weighted by Gasteiger charge is 2.47. The first-order valence-corrected chi connectivity index (χ1v) is 11.6. The summed E-state index contributed by atoms with van der Waals surface area (Å²) in [5.74, 6) is 1.52. The van der Waals surface area contributed by atoms with Gasteiger partial charge in [-0.25, -0.2) is 0 Å². The van der Waals surface area contributed by atoms with Crippen molar-refractivity contribution in [1.82, 2.24) is 20.0 Å². The SMILES string of the molecule is O=C(c1n[nH]c2c1CCCC2)N1CCCC2=C[C@H]3C[C@H](CN4CCCC[C@@H]34)[C@H]21. The quantitative estimate of drug-likeness (QED) is 0.761. The molecule has 5 aliphatic rings. The van der Waals surface area contributed by atoms with E-state index in [1.165, 1.54) is 69.3 Å². The second-order valence-electron chi connectivity index (χ2n) is 9.74. The third-order valence-electron chi connectivity index (χ3n) is 8.18. The van der Waals surface area contributed by atoms with Crippen LogP contribution in [0.15, 0.2) is 11.6 Å². The van der Waals surface area contributed by atoms with Crippen molar-refractivity contribution in [1.29, 1.82) is 0 Å². The van der Waals surface area contributed by atoms with E-state index in [4.69, 9.17) is 0 Å². The van der Waals surface area contributed by atoms with Gasteiger partial charge in [0, 0.05) is 30.4 Å². The van der Waals surface area contributed by atoms with Crippen LogP contribution in [0.1, 0.15) is 73.1 Å². The van der Waals surface area contributed by atoms with E-state index in [2.05, 4.69) is 26.1 Å². The van der Waals surface area contributed by atoms with E-state index in [0.29, 0.717) is 12.0 Å². The molecule has 1 aromatic heterocycles. The van der Waals surface area contributed by atoms with Gasteiger partial charge in [0.1, 0.15) is 0 Å². The van der Waals surface area contributed by atoms with Crippen molar-refractivity contribution in [2.24, 2.45) is 11.8 Å². The van der Waals surface area contributed by atoms with Crippen LogP contribution in [0.25, 0.3) is 0 Å². The number of nitrogens with one attached hydrogen (secondary N) is 1. The molecular formula is C23H32N4O. The highest BCUT2D eigenvalue weighted by molar-refractivity contribution is 5.94. The lowest BCUT2D eigenvalue weighted by molar-refractivity contribution is 0.00128. The van der Waals surface area contributed by atoms with Crippen LogP contribution in [0.2, 0.25) is 0 Å². The van der Waals surface area contributed by atoms with Gasteiger partial charge in [-0.2, -0.15) is 5.10 Å². The molecule has 1 aromatic rings. The van der Waals surface area contributed by atoms with Gasteiger partial charge in [0.25, 0.3) is 5.91 Å². The summed E-state index contributed by atoms with van der Waals surface area (Å²) in [6.45, 7) is 3.34.